The molecule has 0 bridgehead atoms. The fourth-order valence-electron chi connectivity index (χ4n) is 2.62. The largest absolute Gasteiger partial charge is 0.381 e. The number of unbranched alkanes of at least 4 members (excludes halogenated alkanes) is 1. The second kappa shape index (κ2) is 11.5. The summed E-state index contributed by atoms with van der Waals surface area (Å²) in [6.07, 6.45) is 4.88. The van der Waals surface area contributed by atoms with Gasteiger partial charge in [-0.15, -0.1) is 24.0 Å². The molecule has 0 radical (unpaired) electrons. The average Bonchev–Trinajstić information content (AvgIpc) is 2.88. The number of hydrogen-bond donors (Lipinski definition) is 1. The molecule has 1 N–H and O–H groups in total. The minimum Gasteiger partial charge on any atom is -0.381 e. The first-order valence-electron chi connectivity index (χ1n) is 8.49. The van der Waals surface area contributed by atoms with Gasteiger partial charge in [-0.05, 0) is 31.6 Å². The van der Waals surface area contributed by atoms with Gasteiger partial charge in [0.05, 0.1) is 6.61 Å². The number of ether oxygens (including phenoxy) is 1. The number of guanidine groups is 1. The van der Waals surface area contributed by atoms with Crippen molar-refractivity contribution in [3.05, 3.63) is 0 Å². The third kappa shape index (κ3) is 9.87. The van der Waals surface area contributed by atoms with Gasteiger partial charge in [0.25, 0.3) is 0 Å². The van der Waals surface area contributed by atoms with E-state index in [1.165, 1.54) is 25.7 Å². The maximum Gasteiger partial charge on any atom is 0.193 e. The molecule has 22 heavy (non-hydrogen) atoms. The number of nitrogens with one attached hydrogen (secondary N) is 1. The van der Waals surface area contributed by atoms with Gasteiger partial charge in [0, 0.05) is 39.2 Å². The van der Waals surface area contributed by atoms with Crippen molar-refractivity contribution in [2.75, 3.05) is 39.9 Å². The fraction of sp³-hybridized carbons (Fsp3) is 0.941. The number of aliphatic imine (C=N–C) groups is 1. The molecule has 1 fully saturated rings. The highest BCUT2D eigenvalue weighted by molar-refractivity contribution is 14.0. The molecule has 1 heterocycles. The first-order valence-corrected chi connectivity index (χ1v) is 8.49. The third-order valence-corrected chi connectivity index (χ3v) is 3.85. The molecule has 1 aliphatic rings. The molecular formula is C17H36IN3O. The molecule has 1 aliphatic heterocycles. The zero-order chi connectivity index (χ0) is 15.7. The van der Waals surface area contributed by atoms with Gasteiger partial charge in [0.15, 0.2) is 5.96 Å². The van der Waals surface area contributed by atoms with Crippen molar-refractivity contribution >= 4 is 29.9 Å². The highest BCUT2D eigenvalue weighted by Gasteiger charge is 2.19. The minimum absolute atomic E-state index is 0. The molecule has 1 saturated heterocycles. The van der Waals surface area contributed by atoms with E-state index in [9.17, 15) is 0 Å². The Hall–Kier alpha value is -0.0400. The lowest BCUT2D eigenvalue weighted by Crippen LogP contribution is -2.41. The van der Waals surface area contributed by atoms with E-state index in [0.717, 1.165) is 38.8 Å². The van der Waals surface area contributed by atoms with E-state index < -0.39 is 0 Å². The van der Waals surface area contributed by atoms with Gasteiger partial charge in [-0.3, -0.25) is 4.99 Å². The average molecular weight is 425 g/mol. The molecular weight excluding hydrogens is 389 g/mol. The summed E-state index contributed by atoms with van der Waals surface area (Å²) in [7, 11) is 2.13. The zero-order valence-corrected chi connectivity index (χ0v) is 17.5. The van der Waals surface area contributed by atoms with E-state index in [2.05, 4.69) is 45.0 Å². The molecule has 0 aliphatic carbocycles. The summed E-state index contributed by atoms with van der Waals surface area (Å²) in [6.45, 7) is 13.7. The van der Waals surface area contributed by atoms with Crippen LogP contribution in [0.3, 0.4) is 0 Å². The van der Waals surface area contributed by atoms with Crippen molar-refractivity contribution in [2.45, 2.75) is 53.4 Å². The van der Waals surface area contributed by atoms with Gasteiger partial charge in [-0.1, -0.05) is 27.2 Å². The molecule has 132 valence electrons. The molecule has 4 nitrogen and oxygen atoms in total. The molecule has 1 rings (SSSR count). The van der Waals surface area contributed by atoms with Crippen LogP contribution in [-0.4, -0.2) is 50.8 Å². The van der Waals surface area contributed by atoms with Gasteiger partial charge in [-0.25, -0.2) is 0 Å². The highest BCUT2D eigenvalue weighted by atomic mass is 127. The topological polar surface area (TPSA) is 36.9 Å². The summed E-state index contributed by atoms with van der Waals surface area (Å²) in [5, 5.41) is 3.40. The standard InChI is InChI=1S/C17H35N3O.HI/c1-6-18-16(19-11-8-7-10-17(2,3)4)20(5)13-15-9-12-21-14-15;/h15H,6-14H2,1-5H3,(H,18,19);1H. The van der Waals surface area contributed by atoms with Gasteiger partial charge in [-0.2, -0.15) is 0 Å². The van der Waals surface area contributed by atoms with Gasteiger partial charge in [0.1, 0.15) is 0 Å². The Balaban J connectivity index is 0.00000441. The molecule has 0 amide bonds. The van der Waals surface area contributed by atoms with Crippen molar-refractivity contribution in [2.24, 2.45) is 16.3 Å². The van der Waals surface area contributed by atoms with Crippen molar-refractivity contribution in [3.8, 4) is 0 Å². The van der Waals surface area contributed by atoms with Crippen LogP contribution in [0.1, 0.15) is 53.4 Å². The zero-order valence-electron chi connectivity index (χ0n) is 15.2. The van der Waals surface area contributed by atoms with E-state index in [1.54, 1.807) is 0 Å². The predicted octanol–water partition coefficient (Wildman–Crippen LogP) is 3.75. The quantitative estimate of drug-likeness (QED) is 0.292. The summed E-state index contributed by atoms with van der Waals surface area (Å²) >= 11 is 0. The van der Waals surface area contributed by atoms with Crippen molar-refractivity contribution in [1.82, 2.24) is 10.2 Å². The van der Waals surface area contributed by atoms with Crippen molar-refractivity contribution < 1.29 is 4.74 Å². The Morgan fingerprint density at radius 1 is 1.32 bits per heavy atom. The number of hydrogen-bond acceptors (Lipinski definition) is 2. The summed E-state index contributed by atoms with van der Waals surface area (Å²) < 4.78 is 5.46. The normalized spacial score (nSPS) is 19.0. The molecule has 1 unspecified atom stereocenters. The van der Waals surface area contributed by atoms with E-state index in [4.69, 9.17) is 9.73 Å². The van der Waals surface area contributed by atoms with Gasteiger partial charge in [0.2, 0.25) is 0 Å². The van der Waals surface area contributed by atoms with Crippen molar-refractivity contribution in [3.63, 3.8) is 0 Å². The predicted molar refractivity (Wildman–Crippen MR) is 106 cm³/mol. The Morgan fingerprint density at radius 2 is 2.05 bits per heavy atom. The minimum atomic E-state index is 0. The maximum atomic E-state index is 5.46. The number of nitrogens with zero attached hydrogens (tertiary/aromatic N) is 2. The summed E-state index contributed by atoms with van der Waals surface area (Å²) in [6, 6.07) is 0. The molecule has 0 aromatic carbocycles. The van der Waals surface area contributed by atoms with Crippen LogP contribution in [-0.2, 0) is 4.74 Å². The van der Waals surface area contributed by atoms with Crippen LogP contribution < -0.4 is 5.32 Å². The van der Waals surface area contributed by atoms with Crippen LogP contribution in [0.5, 0.6) is 0 Å². The second-order valence-electron chi connectivity index (χ2n) is 7.36. The third-order valence-electron chi connectivity index (χ3n) is 3.85. The molecule has 5 heteroatoms. The Labute approximate surface area is 154 Å². The van der Waals surface area contributed by atoms with Gasteiger partial charge >= 0.3 is 0 Å². The fourth-order valence-corrected chi connectivity index (χ4v) is 2.62. The van der Waals surface area contributed by atoms with Crippen LogP contribution in [0.25, 0.3) is 0 Å². The van der Waals surface area contributed by atoms with Gasteiger partial charge < -0.3 is 15.0 Å². The van der Waals surface area contributed by atoms with E-state index in [0.29, 0.717) is 11.3 Å². The Morgan fingerprint density at radius 3 is 2.59 bits per heavy atom. The molecule has 1 atom stereocenters. The van der Waals surface area contributed by atoms with Crippen LogP contribution in [0.2, 0.25) is 0 Å². The van der Waals surface area contributed by atoms with E-state index in [1.807, 2.05) is 0 Å². The maximum absolute atomic E-state index is 5.46. The van der Waals surface area contributed by atoms with E-state index in [-0.39, 0.29) is 24.0 Å². The van der Waals surface area contributed by atoms with E-state index >= 15 is 0 Å². The molecule has 0 aromatic heterocycles. The summed E-state index contributed by atoms with van der Waals surface area (Å²) in [5.74, 6) is 1.69. The Bertz CT molecular complexity index is 310. The first kappa shape index (κ1) is 22.0. The van der Waals surface area contributed by atoms with Crippen LogP contribution in [0.4, 0.5) is 0 Å². The smallest absolute Gasteiger partial charge is 0.193 e. The SMILES string of the molecule is CCNC(=NCCCCC(C)(C)C)N(C)CC1CCOC1.I. The van der Waals surface area contributed by atoms with Crippen LogP contribution in [0.15, 0.2) is 4.99 Å². The summed E-state index contributed by atoms with van der Waals surface area (Å²) in [5.41, 5.74) is 0.438. The monoisotopic (exact) mass is 425 g/mol. The first-order chi connectivity index (χ1) is 9.92. The molecule has 0 spiro atoms. The molecule has 0 aromatic rings. The highest BCUT2D eigenvalue weighted by Crippen LogP contribution is 2.21. The second-order valence-corrected chi connectivity index (χ2v) is 7.36. The van der Waals surface area contributed by atoms with Crippen LogP contribution >= 0.6 is 24.0 Å². The Kier molecular flexibility index (Phi) is 11.5. The lowest BCUT2D eigenvalue weighted by atomic mass is 9.90. The number of halogens is 1. The molecule has 0 saturated carbocycles. The lowest BCUT2D eigenvalue weighted by Gasteiger charge is -2.24. The van der Waals surface area contributed by atoms with Crippen LogP contribution in [0, 0.1) is 11.3 Å². The summed E-state index contributed by atoms with van der Waals surface area (Å²) in [4.78, 5) is 7.02. The number of rotatable bonds is 7. The lowest BCUT2D eigenvalue weighted by molar-refractivity contribution is 0.181. The van der Waals surface area contributed by atoms with Crippen molar-refractivity contribution in [1.29, 1.82) is 0 Å².